The number of rotatable bonds is 3. The normalized spacial score (nSPS) is 14.9. The highest BCUT2D eigenvalue weighted by atomic mass is 16.1. The van der Waals surface area contributed by atoms with Gasteiger partial charge in [0.2, 0.25) is 5.91 Å². The minimum atomic E-state index is -0.319. The molecule has 5 rings (SSSR count). The number of hydrogen-bond donors (Lipinski definition) is 4. The third-order valence-electron chi connectivity index (χ3n) is 5.95. The summed E-state index contributed by atoms with van der Waals surface area (Å²) < 4.78 is 0. The van der Waals surface area contributed by atoms with Crippen LogP contribution in [0.25, 0.3) is 33.3 Å². The van der Waals surface area contributed by atoms with Gasteiger partial charge in [0.1, 0.15) is 11.4 Å². The van der Waals surface area contributed by atoms with E-state index in [1.54, 1.807) is 18.2 Å². The maximum atomic E-state index is 12.9. The van der Waals surface area contributed by atoms with Crippen molar-refractivity contribution in [3.05, 3.63) is 46.8 Å². The molecule has 0 aliphatic carbocycles. The first-order chi connectivity index (χ1) is 15.4. The van der Waals surface area contributed by atoms with Gasteiger partial charge in [-0.15, -0.1) is 0 Å². The third kappa shape index (κ3) is 3.56. The van der Waals surface area contributed by atoms with Crippen molar-refractivity contribution in [3.8, 4) is 11.4 Å². The number of nitrogens with zero attached hydrogens (tertiary/aromatic N) is 3. The second-order valence-electron chi connectivity index (χ2n) is 8.26. The van der Waals surface area contributed by atoms with E-state index in [0.717, 1.165) is 42.9 Å². The summed E-state index contributed by atoms with van der Waals surface area (Å²) in [4.78, 5) is 39.7. The molecule has 2 aromatic carbocycles. The molecule has 0 spiro atoms. The smallest absolute Gasteiger partial charge is 0.261 e. The van der Waals surface area contributed by atoms with Crippen LogP contribution in [0.4, 0.5) is 17.1 Å². The molecule has 5 N–H and O–H groups in total. The van der Waals surface area contributed by atoms with E-state index in [-0.39, 0.29) is 17.0 Å². The molecule has 0 saturated carbocycles. The number of carbonyl (C=O) groups excluding carboxylic acids is 1. The van der Waals surface area contributed by atoms with Crippen molar-refractivity contribution in [2.24, 2.45) is 0 Å². The Morgan fingerprint density at radius 3 is 2.59 bits per heavy atom. The first-order valence-corrected chi connectivity index (χ1v) is 10.6. The zero-order valence-corrected chi connectivity index (χ0v) is 18.0. The number of benzene rings is 2. The lowest BCUT2D eigenvalue weighted by Crippen LogP contribution is -2.44. The Labute approximate surface area is 184 Å². The van der Waals surface area contributed by atoms with Gasteiger partial charge in [0.15, 0.2) is 0 Å². The summed E-state index contributed by atoms with van der Waals surface area (Å²) in [6.07, 6.45) is 0. The van der Waals surface area contributed by atoms with Gasteiger partial charge in [-0.05, 0) is 43.4 Å². The maximum Gasteiger partial charge on any atom is 0.261 e. The Hall–Kier alpha value is -3.85. The van der Waals surface area contributed by atoms with Gasteiger partial charge in [-0.25, -0.2) is 4.98 Å². The van der Waals surface area contributed by atoms with Gasteiger partial charge >= 0.3 is 0 Å². The zero-order valence-electron chi connectivity index (χ0n) is 18.0. The SMILES string of the molecule is CC(=O)Nc1ccc2[nH]c(=O)c(-c3nc4ccc(N5CCN(C)CC5)cc4[nH]3)c(N)c2c1. The third-order valence-corrected chi connectivity index (χ3v) is 5.95. The Morgan fingerprint density at radius 2 is 1.84 bits per heavy atom. The predicted octanol–water partition coefficient (Wildman–Crippen LogP) is 2.36. The number of likely N-dealkylation sites (N-methyl/N-ethyl adjacent to an activating group) is 1. The van der Waals surface area contributed by atoms with Gasteiger partial charge < -0.3 is 30.8 Å². The maximum absolute atomic E-state index is 12.9. The average molecular weight is 432 g/mol. The minimum absolute atomic E-state index is 0.180. The van der Waals surface area contributed by atoms with Crippen LogP contribution in [0.5, 0.6) is 0 Å². The van der Waals surface area contributed by atoms with Crippen LogP contribution < -0.4 is 21.5 Å². The number of fused-ring (bicyclic) bond motifs is 2. The van der Waals surface area contributed by atoms with E-state index in [1.807, 2.05) is 6.07 Å². The summed E-state index contributed by atoms with van der Waals surface area (Å²) in [6.45, 7) is 5.43. The number of amides is 1. The highest BCUT2D eigenvalue weighted by molar-refractivity contribution is 6.01. The second-order valence-corrected chi connectivity index (χ2v) is 8.26. The monoisotopic (exact) mass is 431 g/mol. The molecule has 1 saturated heterocycles. The lowest BCUT2D eigenvalue weighted by molar-refractivity contribution is -0.114. The summed E-state index contributed by atoms with van der Waals surface area (Å²) >= 11 is 0. The van der Waals surface area contributed by atoms with Gasteiger partial charge in [-0.3, -0.25) is 9.59 Å². The molecule has 1 aliphatic heterocycles. The number of piperazine rings is 1. The Bertz CT molecular complexity index is 1400. The lowest BCUT2D eigenvalue weighted by Gasteiger charge is -2.34. The van der Waals surface area contributed by atoms with E-state index < -0.39 is 0 Å². The molecule has 1 aliphatic rings. The molecule has 3 heterocycles. The van der Waals surface area contributed by atoms with Crippen molar-refractivity contribution >= 4 is 44.9 Å². The van der Waals surface area contributed by atoms with Crippen molar-refractivity contribution < 1.29 is 4.79 Å². The van der Waals surface area contributed by atoms with Crippen LogP contribution in [0.3, 0.4) is 0 Å². The summed E-state index contributed by atoms with van der Waals surface area (Å²) in [5.41, 5.74) is 10.7. The van der Waals surface area contributed by atoms with Gasteiger partial charge in [-0.1, -0.05) is 0 Å². The van der Waals surface area contributed by atoms with Gasteiger partial charge in [-0.2, -0.15) is 0 Å². The molecule has 4 aromatic rings. The average Bonchev–Trinajstić information content (AvgIpc) is 3.17. The van der Waals surface area contributed by atoms with Crippen LogP contribution >= 0.6 is 0 Å². The number of hydrogen-bond acceptors (Lipinski definition) is 6. The van der Waals surface area contributed by atoms with Crippen LogP contribution in [0.1, 0.15) is 6.92 Å². The highest BCUT2D eigenvalue weighted by Crippen LogP contribution is 2.31. The number of pyridine rings is 1. The van der Waals surface area contributed by atoms with Crippen molar-refractivity contribution in [1.82, 2.24) is 19.9 Å². The fraction of sp³-hybridized carbons (Fsp3) is 0.261. The molecule has 32 heavy (non-hydrogen) atoms. The quantitative estimate of drug-likeness (QED) is 0.395. The molecule has 1 fully saturated rings. The van der Waals surface area contributed by atoms with E-state index in [0.29, 0.717) is 28.1 Å². The van der Waals surface area contributed by atoms with E-state index >= 15 is 0 Å². The van der Waals surface area contributed by atoms with Crippen molar-refractivity contribution in [2.75, 3.05) is 49.2 Å². The van der Waals surface area contributed by atoms with Crippen LogP contribution in [0.15, 0.2) is 41.2 Å². The number of aromatic amines is 2. The summed E-state index contributed by atoms with van der Waals surface area (Å²) in [5.74, 6) is 0.238. The standard InChI is InChI=1S/C23H25N7O2/c1-13(31)25-14-3-5-17-16(11-14)21(24)20(23(32)28-17)22-26-18-6-4-15(12-19(18)27-22)30-9-7-29(2)8-10-30/h3-6,11-12H,7-10H2,1-2H3,(H,25,31)(H,26,27)(H3,24,28,32). The summed E-state index contributed by atoms with van der Waals surface area (Å²) in [7, 11) is 2.13. The number of imidazole rings is 1. The van der Waals surface area contributed by atoms with Crippen molar-refractivity contribution in [2.45, 2.75) is 6.92 Å². The van der Waals surface area contributed by atoms with Gasteiger partial charge in [0.05, 0.1) is 22.2 Å². The number of aromatic nitrogens is 3. The Kier molecular flexibility index (Phi) is 4.82. The first-order valence-electron chi connectivity index (χ1n) is 10.6. The molecule has 1 amide bonds. The van der Waals surface area contributed by atoms with E-state index in [4.69, 9.17) is 5.73 Å². The van der Waals surface area contributed by atoms with Crippen LogP contribution in [-0.4, -0.2) is 59.0 Å². The highest BCUT2D eigenvalue weighted by Gasteiger charge is 2.18. The molecule has 164 valence electrons. The summed E-state index contributed by atoms with van der Waals surface area (Å²) in [5, 5.41) is 3.38. The molecular weight excluding hydrogens is 406 g/mol. The first kappa shape index (κ1) is 20.1. The molecule has 0 unspecified atom stereocenters. The minimum Gasteiger partial charge on any atom is -0.397 e. The predicted molar refractivity (Wildman–Crippen MR) is 128 cm³/mol. The van der Waals surface area contributed by atoms with Crippen LogP contribution in [-0.2, 0) is 4.79 Å². The number of H-pyrrole nitrogens is 2. The van der Waals surface area contributed by atoms with E-state index in [9.17, 15) is 9.59 Å². The van der Waals surface area contributed by atoms with Crippen molar-refractivity contribution in [3.63, 3.8) is 0 Å². The number of nitrogens with two attached hydrogens (primary N) is 1. The van der Waals surface area contributed by atoms with Crippen molar-refractivity contribution in [1.29, 1.82) is 0 Å². The van der Waals surface area contributed by atoms with Gasteiger partial charge in [0.25, 0.3) is 5.56 Å². The Balaban J connectivity index is 1.57. The summed E-state index contributed by atoms with van der Waals surface area (Å²) in [6, 6.07) is 11.3. The topological polar surface area (TPSA) is 123 Å². The molecule has 0 atom stereocenters. The number of anilines is 3. The fourth-order valence-electron chi connectivity index (χ4n) is 4.21. The lowest BCUT2D eigenvalue weighted by atomic mass is 10.1. The Morgan fingerprint density at radius 1 is 1.06 bits per heavy atom. The number of nitrogens with one attached hydrogen (secondary N) is 3. The fourth-order valence-corrected chi connectivity index (χ4v) is 4.21. The van der Waals surface area contributed by atoms with Gasteiger partial charge in [0, 0.05) is 49.9 Å². The molecule has 9 heteroatoms. The van der Waals surface area contributed by atoms with E-state index in [1.165, 1.54) is 6.92 Å². The van der Waals surface area contributed by atoms with Crippen LogP contribution in [0, 0.1) is 0 Å². The number of carbonyl (C=O) groups is 1. The van der Waals surface area contributed by atoms with E-state index in [2.05, 4.69) is 49.2 Å². The largest absolute Gasteiger partial charge is 0.397 e. The van der Waals surface area contributed by atoms with Crippen LogP contribution in [0.2, 0.25) is 0 Å². The number of nitrogen functional groups attached to an aromatic ring is 1. The molecule has 0 bridgehead atoms. The molecule has 9 nitrogen and oxygen atoms in total. The zero-order chi connectivity index (χ0) is 22.4. The molecule has 0 radical (unpaired) electrons. The second kappa shape index (κ2) is 7.69. The molecular formula is C23H25N7O2. The molecule has 2 aromatic heterocycles.